The smallest absolute Gasteiger partial charge is 0.307 e. The molecule has 0 aliphatic rings. The van der Waals surface area contributed by atoms with Crippen molar-refractivity contribution in [3.05, 3.63) is 34.1 Å². The fourth-order valence-corrected chi connectivity index (χ4v) is 1.63. The largest absolute Gasteiger partial charge is 0.466 e. The highest BCUT2D eigenvalue weighted by Gasteiger charge is 2.09. The monoisotopic (exact) mass is 317 g/mol. The number of carbonyl (C=O) groups excluding carboxylic acids is 2. The fraction of sp³-hybridized carbons (Fsp3) is 0.333. The second kappa shape index (κ2) is 7.10. The van der Waals surface area contributed by atoms with Gasteiger partial charge < -0.3 is 10.1 Å². The first-order valence-electron chi connectivity index (χ1n) is 5.43. The molecule has 0 aliphatic heterocycles. The molecule has 1 rings (SSSR count). The number of hydrogen-bond acceptors (Lipinski definition) is 3. The van der Waals surface area contributed by atoms with E-state index in [9.17, 15) is 14.0 Å². The minimum Gasteiger partial charge on any atom is -0.466 e. The Morgan fingerprint density at radius 3 is 2.78 bits per heavy atom. The van der Waals surface area contributed by atoms with Gasteiger partial charge in [0.2, 0.25) is 0 Å². The number of carbonyl (C=O) groups is 2. The third kappa shape index (κ3) is 4.44. The highest BCUT2D eigenvalue weighted by atomic mass is 79.9. The first kappa shape index (κ1) is 14.6. The third-order valence-electron chi connectivity index (χ3n) is 2.10. The Bertz CT molecular complexity index is 451. The maximum Gasteiger partial charge on any atom is 0.307 e. The van der Waals surface area contributed by atoms with Gasteiger partial charge in [0.05, 0.1) is 17.5 Å². The fourth-order valence-electron chi connectivity index (χ4n) is 1.25. The lowest BCUT2D eigenvalue weighted by Gasteiger charge is -2.05. The van der Waals surface area contributed by atoms with Crippen molar-refractivity contribution in [3.8, 4) is 0 Å². The van der Waals surface area contributed by atoms with E-state index in [-0.39, 0.29) is 29.3 Å². The Morgan fingerprint density at radius 1 is 1.44 bits per heavy atom. The van der Waals surface area contributed by atoms with Crippen LogP contribution in [-0.4, -0.2) is 25.0 Å². The number of halogens is 2. The van der Waals surface area contributed by atoms with Gasteiger partial charge in [-0.2, -0.15) is 0 Å². The van der Waals surface area contributed by atoms with Crippen LogP contribution in [0.4, 0.5) is 4.39 Å². The summed E-state index contributed by atoms with van der Waals surface area (Å²) >= 11 is 3.00. The maximum atomic E-state index is 13.0. The van der Waals surface area contributed by atoms with E-state index in [2.05, 4.69) is 21.2 Å². The Kier molecular flexibility index (Phi) is 5.77. The summed E-state index contributed by atoms with van der Waals surface area (Å²) in [5, 5.41) is 2.55. The summed E-state index contributed by atoms with van der Waals surface area (Å²) in [5.74, 6) is -1.16. The zero-order valence-corrected chi connectivity index (χ0v) is 11.4. The molecular formula is C12H13BrFNO3. The molecule has 4 nitrogen and oxygen atoms in total. The van der Waals surface area contributed by atoms with Crippen LogP contribution in [0.15, 0.2) is 22.7 Å². The molecule has 0 radical (unpaired) electrons. The Morgan fingerprint density at radius 2 is 2.17 bits per heavy atom. The van der Waals surface area contributed by atoms with Crippen LogP contribution in [0.5, 0.6) is 0 Å². The first-order chi connectivity index (χ1) is 8.54. The predicted octanol–water partition coefficient (Wildman–Crippen LogP) is 2.27. The maximum absolute atomic E-state index is 13.0. The molecule has 1 aromatic rings. The average Bonchev–Trinajstić information content (AvgIpc) is 2.33. The van der Waals surface area contributed by atoms with Crippen LogP contribution in [0.2, 0.25) is 0 Å². The van der Waals surface area contributed by atoms with Gasteiger partial charge in [-0.05, 0) is 41.1 Å². The SMILES string of the molecule is CCOC(=O)CCNC(=O)c1ccc(F)c(Br)c1. The average molecular weight is 318 g/mol. The van der Waals surface area contributed by atoms with Crippen molar-refractivity contribution < 1.29 is 18.7 Å². The third-order valence-corrected chi connectivity index (χ3v) is 2.71. The van der Waals surface area contributed by atoms with Gasteiger partial charge in [-0.3, -0.25) is 9.59 Å². The molecule has 0 saturated heterocycles. The van der Waals surface area contributed by atoms with E-state index in [1.165, 1.54) is 18.2 Å². The Hall–Kier alpha value is -1.43. The van der Waals surface area contributed by atoms with Crippen LogP contribution in [0, 0.1) is 5.82 Å². The van der Waals surface area contributed by atoms with Crippen LogP contribution in [0.1, 0.15) is 23.7 Å². The second-order valence-electron chi connectivity index (χ2n) is 3.44. The summed E-state index contributed by atoms with van der Waals surface area (Å²) in [4.78, 5) is 22.7. The summed E-state index contributed by atoms with van der Waals surface area (Å²) in [5.41, 5.74) is 0.326. The molecule has 0 unspecified atom stereocenters. The lowest BCUT2D eigenvalue weighted by atomic mass is 10.2. The lowest BCUT2D eigenvalue weighted by molar-refractivity contribution is -0.142. The molecule has 0 saturated carbocycles. The van der Waals surface area contributed by atoms with Gasteiger partial charge in [-0.15, -0.1) is 0 Å². The molecule has 0 atom stereocenters. The number of amides is 1. The number of hydrogen-bond donors (Lipinski definition) is 1. The highest BCUT2D eigenvalue weighted by Crippen LogP contribution is 2.16. The number of benzene rings is 1. The molecule has 0 fully saturated rings. The highest BCUT2D eigenvalue weighted by molar-refractivity contribution is 9.10. The summed E-state index contributed by atoms with van der Waals surface area (Å²) in [6.07, 6.45) is 0.113. The molecule has 98 valence electrons. The summed E-state index contributed by atoms with van der Waals surface area (Å²) in [6.45, 7) is 2.22. The zero-order chi connectivity index (χ0) is 13.5. The topological polar surface area (TPSA) is 55.4 Å². The van der Waals surface area contributed by atoms with Crippen LogP contribution in [0.3, 0.4) is 0 Å². The Balaban J connectivity index is 2.45. The molecule has 1 amide bonds. The van der Waals surface area contributed by atoms with E-state index < -0.39 is 5.82 Å². The van der Waals surface area contributed by atoms with Gasteiger partial charge in [0, 0.05) is 12.1 Å². The van der Waals surface area contributed by atoms with Crippen LogP contribution < -0.4 is 5.32 Å². The normalized spacial score (nSPS) is 9.94. The molecule has 0 spiro atoms. The van der Waals surface area contributed by atoms with Crippen LogP contribution in [0.25, 0.3) is 0 Å². The van der Waals surface area contributed by atoms with Crippen LogP contribution >= 0.6 is 15.9 Å². The quantitative estimate of drug-likeness (QED) is 0.848. The van der Waals surface area contributed by atoms with Gasteiger partial charge in [0.15, 0.2) is 0 Å². The molecule has 18 heavy (non-hydrogen) atoms. The minimum absolute atomic E-state index is 0.113. The van der Waals surface area contributed by atoms with E-state index in [1.54, 1.807) is 6.92 Å². The van der Waals surface area contributed by atoms with E-state index in [0.29, 0.717) is 12.2 Å². The predicted molar refractivity (Wildman–Crippen MR) is 67.7 cm³/mol. The zero-order valence-electron chi connectivity index (χ0n) is 9.83. The van der Waals surface area contributed by atoms with Gasteiger partial charge in [0.25, 0.3) is 5.91 Å². The molecule has 1 aromatic carbocycles. The van der Waals surface area contributed by atoms with E-state index in [0.717, 1.165) is 0 Å². The van der Waals surface area contributed by atoms with Crippen molar-refractivity contribution in [2.24, 2.45) is 0 Å². The van der Waals surface area contributed by atoms with Gasteiger partial charge in [-0.25, -0.2) is 4.39 Å². The molecule has 0 aromatic heterocycles. The number of esters is 1. The van der Waals surface area contributed by atoms with Crippen molar-refractivity contribution in [3.63, 3.8) is 0 Å². The van der Waals surface area contributed by atoms with Crippen molar-refractivity contribution in [2.75, 3.05) is 13.2 Å². The van der Waals surface area contributed by atoms with E-state index in [1.807, 2.05) is 0 Å². The molecule has 1 N–H and O–H groups in total. The van der Waals surface area contributed by atoms with Crippen LogP contribution in [-0.2, 0) is 9.53 Å². The van der Waals surface area contributed by atoms with Gasteiger partial charge in [0.1, 0.15) is 5.82 Å². The number of nitrogens with one attached hydrogen (secondary N) is 1. The lowest BCUT2D eigenvalue weighted by Crippen LogP contribution is -2.26. The molecule has 0 aliphatic carbocycles. The van der Waals surface area contributed by atoms with E-state index in [4.69, 9.17) is 4.74 Å². The molecule has 0 heterocycles. The number of rotatable bonds is 5. The van der Waals surface area contributed by atoms with Crippen molar-refractivity contribution in [1.29, 1.82) is 0 Å². The first-order valence-corrected chi connectivity index (χ1v) is 6.22. The summed E-state index contributed by atoms with van der Waals surface area (Å²) in [7, 11) is 0. The Labute approximate surface area is 113 Å². The van der Waals surface area contributed by atoms with Crippen molar-refractivity contribution >= 4 is 27.8 Å². The molecule has 0 bridgehead atoms. The van der Waals surface area contributed by atoms with Gasteiger partial charge in [-0.1, -0.05) is 0 Å². The molecular weight excluding hydrogens is 305 g/mol. The number of ether oxygens (including phenoxy) is 1. The molecule has 6 heteroatoms. The van der Waals surface area contributed by atoms with Crippen molar-refractivity contribution in [2.45, 2.75) is 13.3 Å². The van der Waals surface area contributed by atoms with Crippen molar-refractivity contribution in [1.82, 2.24) is 5.32 Å². The summed E-state index contributed by atoms with van der Waals surface area (Å²) < 4.78 is 17.9. The van der Waals surface area contributed by atoms with E-state index >= 15 is 0 Å². The summed E-state index contributed by atoms with van der Waals surface area (Å²) in [6, 6.07) is 3.96. The van der Waals surface area contributed by atoms with Gasteiger partial charge >= 0.3 is 5.97 Å². The minimum atomic E-state index is -0.432. The standard InChI is InChI=1S/C12H13BrFNO3/c1-2-18-11(16)5-6-15-12(17)8-3-4-10(14)9(13)7-8/h3-4,7H,2,5-6H2,1H3,(H,15,17). The second-order valence-corrected chi connectivity index (χ2v) is 4.29.